The van der Waals surface area contributed by atoms with Crippen molar-refractivity contribution in [3.8, 4) is 11.3 Å². The molecule has 5 rings (SSSR count). The van der Waals surface area contributed by atoms with Gasteiger partial charge in [0.1, 0.15) is 17.2 Å². The van der Waals surface area contributed by atoms with Gasteiger partial charge in [-0.1, -0.05) is 18.2 Å². The van der Waals surface area contributed by atoms with E-state index in [1.807, 2.05) is 12.1 Å². The van der Waals surface area contributed by atoms with Crippen LogP contribution in [0.1, 0.15) is 26.3 Å². The van der Waals surface area contributed by atoms with E-state index in [2.05, 4.69) is 37.7 Å². The largest absolute Gasteiger partial charge is 0.464 e. The summed E-state index contributed by atoms with van der Waals surface area (Å²) in [6.07, 6.45) is 4.37. The third kappa shape index (κ3) is 5.41. The number of aromatic nitrogens is 5. The van der Waals surface area contributed by atoms with Gasteiger partial charge in [-0.2, -0.15) is 9.61 Å². The van der Waals surface area contributed by atoms with Crippen LogP contribution in [0.15, 0.2) is 61.2 Å². The molecule has 10 nitrogen and oxygen atoms in total. The standard InChI is InChI=1S/C27H24FIN6O4/c1-27(2,3)39-26(38)33(9-8-16-15-34(25(36)37)22-7-5-4-6-19(16)22)23-11-21(17-10-18(28)13-30-12-17)32-24-20(29)14-31-35(23)24/h4-7,10-15H,8-9H2,1-3H3,(H,36,37). The number of amides is 1. The van der Waals surface area contributed by atoms with Gasteiger partial charge in [0.05, 0.1) is 27.2 Å². The van der Waals surface area contributed by atoms with Crippen molar-refractivity contribution in [1.29, 1.82) is 0 Å². The smallest absolute Gasteiger partial charge is 0.416 e. The summed E-state index contributed by atoms with van der Waals surface area (Å²) in [5, 5.41) is 14.9. The Bertz CT molecular complexity index is 1720. The van der Waals surface area contributed by atoms with Crippen LogP contribution in [-0.4, -0.2) is 53.6 Å². The number of hydrogen-bond donors (Lipinski definition) is 1. The lowest BCUT2D eigenvalue weighted by Gasteiger charge is -2.28. The molecule has 12 heteroatoms. The number of carboxylic acid groups (broad SMARTS) is 1. The van der Waals surface area contributed by atoms with E-state index in [4.69, 9.17) is 4.74 Å². The molecule has 0 saturated heterocycles. The number of rotatable bonds is 5. The van der Waals surface area contributed by atoms with Gasteiger partial charge in [-0.25, -0.2) is 19.0 Å². The Morgan fingerprint density at radius 2 is 1.92 bits per heavy atom. The summed E-state index contributed by atoms with van der Waals surface area (Å²) in [4.78, 5) is 35.4. The summed E-state index contributed by atoms with van der Waals surface area (Å²) in [6, 6.07) is 10.1. The van der Waals surface area contributed by atoms with Crippen LogP contribution in [0.5, 0.6) is 0 Å². The molecule has 1 N–H and O–H groups in total. The number of pyridine rings is 1. The van der Waals surface area contributed by atoms with Crippen molar-refractivity contribution in [3.63, 3.8) is 0 Å². The number of carbonyl (C=O) groups excluding carboxylic acids is 1. The molecule has 0 aliphatic rings. The molecule has 0 bridgehead atoms. The Labute approximate surface area is 236 Å². The third-order valence-electron chi connectivity index (χ3n) is 5.91. The zero-order chi connectivity index (χ0) is 27.9. The first-order chi connectivity index (χ1) is 18.5. The predicted octanol–water partition coefficient (Wildman–Crippen LogP) is 6.00. The van der Waals surface area contributed by atoms with Crippen molar-refractivity contribution in [2.45, 2.75) is 32.8 Å². The predicted molar refractivity (Wildman–Crippen MR) is 152 cm³/mol. The van der Waals surface area contributed by atoms with Crippen LogP contribution in [0, 0.1) is 9.39 Å². The van der Waals surface area contributed by atoms with E-state index in [1.54, 1.807) is 51.4 Å². The summed E-state index contributed by atoms with van der Waals surface area (Å²) in [7, 11) is 0. The molecule has 39 heavy (non-hydrogen) atoms. The van der Waals surface area contributed by atoms with Crippen molar-refractivity contribution >= 4 is 57.1 Å². The highest BCUT2D eigenvalue weighted by Crippen LogP contribution is 2.29. The summed E-state index contributed by atoms with van der Waals surface area (Å²) < 4.78 is 23.2. The van der Waals surface area contributed by atoms with Crippen LogP contribution >= 0.6 is 22.6 Å². The van der Waals surface area contributed by atoms with Crippen LogP contribution in [0.4, 0.5) is 19.8 Å². The fourth-order valence-corrected chi connectivity index (χ4v) is 4.74. The van der Waals surface area contributed by atoms with E-state index >= 15 is 0 Å². The molecule has 1 aromatic carbocycles. The van der Waals surface area contributed by atoms with Crippen LogP contribution in [0.3, 0.4) is 0 Å². The van der Waals surface area contributed by atoms with Gasteiger partial charge in [-0.15, -0.1) is 0 Å². The molecule has 0 fully saturated rings. The molecule has 0 spiro atoms. The minimum atomic E-state index is -1.10. The van der Waals surface area contributed by atoms with Gasteiger partial charge >= 0.3 is 12.2 Å². The van der Waals surface area contributed by atoms with Crippen LogP contribution in [-0.2, 0) is 11.2 Å². The highest BCUT2D eigenvalue weighted by molar-refractivity contribution is 14.1. The summed E-state index contributed by atoms with van der Waals surface area (Å²) in [5.74, 6) is -0.156. The van der Waals surface area contributed by atoms with Gasteiger partial charge in [0, 0.05) is 36.0 Å². The van der Waals surface area contributed by atoms with Gasteiger partial charge in [0.15, 0.2) is 5.65 Å². The first-order valence-corrected chi connectivity index (χ1v) is 13.1. The Morgan fingerprint density at radius 1 is 1.15 bits per heavy atom. The topological polar surface area (TPSA) is 115 Å². The first kappa shape index (κ1) is 26.5. The molecule has 0 aliphatic heterocycles. The number of benzene rings is 1. The van der Waals surface area contributed by atoms with Crippen LogP contribution < -0.4 is 4.90 Å². The molecule has 4 aromatic heterocycles. The highest BCUT2D eigenvalue weighted by atomic mass is 127. The second kappa shape index (κ2) is 10.2. The average Bonchev–Trinajstić information content (AvgIpc) is 3.44. The Morgan fingerprint density at radius 3 is 2.64 bits per heavy atom. The molecule has 1 amide bonds. The second-order valence-electron chi connectivity index (χ2n) is 9.83. The molecular weight excluding hydrogens is 618 g/mol. The molecule has 0 unspecified atom stereocenters. The van der Waals surface area contributed by atoms with E-state index in [0.29, 0.717) is 34.7 Å². The molecule has 0 saturated carbocycles. The van der Waals surface area contributed by atoms with Gasteiger partial charge in [-0.3, -0.25) is 14.5 Å². The maximum atomic E-state index is 14.0. The third-order valence-corrected chi connectivity index (χ3v) is 6.67. The average molecular weight is 642 g/mol. The van der Waals surface area contributed by atoms with Gasteiger partial charge in [0.25, 0.3) is 0 Å². The van der Waals surface area contributed by atoms with E-state index in [9.17, 15) is 19.1 Å². The maximum absolute atomic E-state index is 14.0. The zero-order valence-corrected chi connectivity index (χ0v) is 23.5. The fourth-order valence-electron chi connectivity index (χ4n) is 4.27. The Balaban J connectivity index is 1.62. The van der Waals surface area contributed by atoms with E-state index in [-0.39, 0.29) is 6.54 Å². The minimum absolute atomic E-state index is 0.138. The SMILES string of the molecule is CC(C)(C)OC(=O)N(CCc1cn(C(=O)O)c2ccccc12)c1cc(-c2cncc(F)c2)nc2c(I)cnn12. The van der Waals surface area contributed by atoms with Crippen LogP contribution in [0.2, 0.25) is 0 Å². The lowest BCUT2D eigenvalue weighted by molar-refractivity contribution is 0.0579. The molecule has 4 heterocycles. The summed E-state index contributed by atoms with van der Waals surface area (Å²) in [6.45, 7) is 5.45. The number of para-hydroxylation sites is 1. The van der Waals surface area contributed by atoms with E-state index in [1.165, 1.54) is 21.7 Å². The number of fused-ring (bicyclic) bond motifs is 2. The van der Waals surface area contributed by atoms with Gasteiger partial charge in [0.2, 0.25) is 0 Å². The van der Waals surface area contributed by atoms with Crippen molar-refractivity contribution < 1.29 is 23.8 Å². The molecule has 0 radical (unpaired) electrons. The first-order valence-electron chi connectivity index (χ1n) is 12.0. The van der Waals surface area contributed by atoms with Gasteiger partial charge in [-0.05, 0) is 67.5 Å². The lowest BCUT2D eigenvalue weighted by atomic mass is 10.1. The normalized spacial score (nSPS) is 11.7. The molecule has 0 atom stereocenters. The fraction of sp³-hybridized carbons (Fsp3) is 0.222. The maximum Gasteiger partial charge on any atom is 0.416 e. The number of nitrogens with zero attached hydrogens (tertiary/aromatic N) is 6. The number of ether oxygens (including phenoxy) is 1. The number of anilines is 1. The molecule has 200 valence electrons. The Hall–Kier alpha value is -4.07. The molecule has 5 aromatic rings. The molecular formula is C27H24FIN6O4. The lowest BCUT2D eigenvalue weighted by Crippen LogP contribution is -2.39. The van der Waals surface area contributed by atoms with Crippen molar-refractivity contribution in [1.82, 2.24) is 24.1 Å². The quantitative estimate of drug-likeness (QED) is 0.234. The van der Waals surface area contributed by atoms with Crippen molar-refractivity contribution in [3.05, 3.63) is 76.1 Å². The zero-order valence-electron chi connectivity index (χ0n) is 21.3. The summed E-state index contributed by atoms with van der Waals surface area (Å²) >= 11 is 2.10. The number of carbonyl (C=O) groups is 2. The molecule has 0 aliphatic carbocycles. The van der Waals surface area contributed by atoms with Crippen molar-refractivity contribution in [2.24, 2.45) is 0 Å². The summed E-state index contributed by atoms with van der Waals surface area (Å²) in [5.41, 5.74) is 1.83. The number of halogens is 2. The van der Waals surface area contributed by atoms with Crippen LogP contribution in [0.25, 0.3) is 27.8 Å². The van der Waals surface area contributed by atoms with Gasteiger partial charge < -0.3 is 9.84 Å². The van der Waals surface area contributed by atoms with Crippen molar-refractivity contribution in [2.75, 3.05) is 11.4 Å². The second-order valence-corrected chi connectivity index (χ2v) is 11.0. The Kier molecular flexibility index (Phi) is 6.97. The van der Waals surface area contributed by atoms with E-state index < -0.39 is 23.6 Å². The monoisotopic (exact) mass is 642 g/mol. The van der Waals surface area contributed by atoms with E-state index in [0.717, 1.165) is 25.3 Å². The minimum Gasteiger partial charge on any atom is -0.464 e. The highest BCUT2D eigenvalue weighted by Gasteiger charge is 2.27. The number of hydrogen-bond acceptors (Lipinski definition) is 6.